The van der Waals surface area contributed by atoms with Crippen molar-refractivity contribution in [2.24, 2.45) is 46.3 Å². The van der Waals surface area contributed by atoms with E-state index in [1.807, 2.05) is 0 Å². The molecule has 3 N–H and O–H groups in total. The Balaban J connectivity index is 1.26. The lowest BCUT2D eigenvalue weighted by Crippen LogP contribution is -2.57. The summed E-state index contributed by atoms with van der Waals surface area (Å²) in [4.78, 5) is 0. The van der Waals surface area contributed by atoms with Crippen LogP contribution in [0, 0.1) is 46.3 Å². The molecule has 4 nitrogen and oxygen atoms in total. The monoisotopic (exact) mass is 434 g/mol. The predicted molar refractivity (Wildman–Crippen MR) is 121 cm³/mol. The lowest BCUT2D eigenvalue weighted by atomic mass is 9.44. The van der Waals surface area contributed by atoms with Crippen molar-refractivity contribution in [1.29, 1.82) is 0 Å². The highest BCUT2D eigenvalue weighted by molar-refractivity contribution is 5.23. The van der Waals surface area contributed by atoms with E-state index >= 15 is 0 Å². The molecule has 10 atom stereocenters. The molecule has 1 unspecified atom stereocenters. The molecular weight excluding hydrogens is 388 g/mol. The van der Waals surface area contributed by atoms with Crippen molar-refractivity contribution in [1.82, 2.24) is 0 Å². The van der Waals surface area contributed by atoms with Crippen molar-refractivity contribution in [3.8, 4) is 0 Å². The fourth-order valence-corrected chi connectivity index (χ4v) is 9.83. The minimum Gasteiger partial charge on any atom is -0.365 e. The Morgan fingerprint density at radius 1 is 0.935 bits per heavy atom. The Labute approximate surface area is 189 Å². The minimum absolute atomic E-state index is 0.253. The Morgan fingerprint density at radius 3 is 2.42 bits per heavy atom. The van der Waals surface area contributed by atoms with Crippen LogP contribution in [0.4, 0.5) is 0 Å². The average molecular weight is 435 g/mol. The summed E-state index contributed by atoms with van der Waals surface area (Å²) in [5.41, 5.74) is 1.13. The number of hydrogen-bond acceptors (Lipinski definition) is 4. The highest BCUT2D eigenvalue weighted by Gasteiger charge is 2.75. The molecule has 5 fully saturated rings. The third kappa shape index (κ3) is 3.29. The van der Waals surface area contributed by atoms with Gasteiger partial charge in [0.2, 0.25) is 0 Å². The van der Waals surface area contributed by atoms with Gasteiger partial charge in [0, 0.05) is 11.3 Å². The van der Waals surface area contributed by atoms with E-state index in [9.17, 15) is 15.3 Å². The van der Waals surface area contributed by atoms with Gasteiger partial charge in [-0.25, -0.2) is 0 Å². The van der Waals surface area contributed by atoms with E-state index in [0.717, 1.165) is 36.5 Å². The van der Waals surface area contributed by atoms with Gasteiger partial charge in [0.15, 0.2) is 0 Å². The Kier molecular flexibility index (Phi) is 5.41. The second-order valence-electron chi connectivity index (χ2n) is 13.0. The number of ether oxygens (including phenoxy) is 1. The van der Waals surface area contributed by atoms with Crippen LogP contribution in [-0.4, -0.2) is 33.0 Å². The first kappa shape index (κ1) is 22.6. The summed E-state index contributed by atoms with van der Waals surface area (Å²) in [6, 6.07) is 0. The van der Waals surface area contributed by atoms with Crippen LogP contribution in [0.3, 0.4) is 0 Å². The van der Waals surface area contributed by atoms with Crippen molar-refractivity contribution in [3.63, 3.8) is 0 Å². The molecule has 4 aliphatic carbocycles. The molecular formula is C27H46O4. The molecule has 0 aromatic heterocycles. The van der Waals surface area contributed by atoms with Crippen LogP contribution < -0.4 is 0 Å². The van der Waals surface area contributed by atoms with E-state index in [4.69, 9.17) is 4.74 Å². The van der Waals surface area contributed by atoms with Crippen LogP contribution in [0.15, 0.2) is 0 Å². The molecule has 31 heavy (non-hydrogen) atoms. The van der Waals surface area contributed by atoms with Gasteiger partial charge >= 0.3 is 0 Å². The smallest absolute Gasteiger partial charge is 0.277 e. The van der Waals surface area contributed by atoms with Crippen LogP contribution in [-0.2, 0) is 4.74 Å². The summed E-state index contributed by atoms with van der Waals surface area (Å²) < 4.78 is 6.56. The molecule has 0 aromatic carbocycles. The number of hydrogen-bond donors (Lipinski definition) is 3. The Hall–Kier alpha value is -0.160. The van der Waals surface area contributed by atoms with E-state index in [2.05, 4.69) is 20.8 Å². The van der Waals surface area contributed by atoms with Gasteiger partial charge in [0.1, 0.15) is 5.60 Å². The first-order chi connectivity index (χ1) is 14.5. The van der Waals surface area contributed by atoms with E-state index in [0.29, 0.717) is 29.3 Å². The lowest BCUT2D eigenvalue weighted by molar-refractivity contribution is -0.340. The second kappa shape index (κ2) is 7.42. The van der Waals surface area contributed by atoms with Gasteiger partial charge in [-0.3, -0.25) is 0 Å². The number of fused-ring (bicyclic) bond motifs is 4. The van der Waals surface area contributed by atoms with E-state index < -0.39 is 11.9 Å². The van der Waals surface area contributed by atoms with Gasteiger partial charge in [-0.2, -0.15) is 0 Å². The van der Waals surface area contributed by atoms with Crippen LogP contribution >= 0.6 is 0 Å². The lowest BCUT2D eigenvalue weighted by Gasteiger charge is -2.59. The minimum atomic E-state index is -2.54. The largest absolute Gasteiger partial charge is 0.365 e. The molecule has 1 heterocycles. The Morgan fingerprint density at radius 2 is 1.68 bits per heavy atom. The normalized spacial score (nSPS) is 50.6. The molecule has 4 saturated carbocycles. The van der Waals surface area contributed by atoms with Gasteiger partial charge < -0.3 is 20.1 Å². The summed E-state index contributed by atoms with van der Waals surface area (Å²) in [7, 11) is 0. The molecule has 5 aliphatic rings. The predicted octanol–water partition coefficient (Wildman–Crippen LogP) is 5.24. The van der Waals surface area contributed by atoms with Crippen molar-refractivity contribution >= 4 is 0 Å². The van der Waals surface area contributed by atoms with Gasteiger partial charge in [-0.05, 0) is 86.4 Å². The number of epoxide rings is 1. The summed E-state index contributed by atoms with van der Waals surface area (Å²) in [5.74, 6) is 0.987. The average Bonchev–Trinajstić information content (AvgIpc) is 3.28. The highest BCUT2D eigenvalue weighted by Crippen LogP contribution is 2.74. The fraction of sp³-hybridized carbons (Fsp3) is 1.00. The topological polar surface area (TPSA) is 73.2 Å². The number of aliphatic hydroxyl groups is 3. The van der Waals surface area contributed by atoms with E-state index in [1.165, 1.54) is 57.8 Å². The molecule has 0 bridgehead atoms. The van der Waals surface area contributed by atoms with Crippen molar-refractivity contribution in [2.45, 2.75) is 122 Å². The van der Waals surface area contributed by atoms with Crippen molar-refractivity contribution in [2.75, 3.05) is 0 Å². The molecule has 0 radical (unpaired) electrons. The highest BCUT2D eigenvalue weighted by atomic mass is 16.7. The van der Waals surface area contributed by atoms with Crippen molar-refractivity contribution < 1.29 is 20.1 Å². The molecule has 1 saturated heterocycles. The second-order valence-corrected chi connectivity index (χ2v) is 13.0. The SMILES string of the molecule is CC(CCC[C@@H](C)[C@H]1CC[C@H]2[C@@H]3C[C@H]4O[C@]45CCCC[C@]5(C)[C@H]3CC[C@]12C)C(O)(O)O. The Bertz CT molecular complexity index is 687. The molecule has 0 aromatic rings. The molecule has 4 heteroatoms. The summed E-state index contributed by atoms with van der Waals surface area (Å²) >= 11 is 0. The molecule has 178 valence electrons. The van der Waals surface area contributed by atoms with E-state index in [1.54, 1.807) is 6.92 Å². The van der Waals surface area contributed by atoms with Gasteiger partial charge in [0.05, 0.1) is 6.10 Å². The maximum atomic E-state index is 9.40. The van der Waals surface area contributed by atoms with Gasteiger partial charge in [-0.15, -0.1) is 0 Å². The van der Waals surface area contributed by atoms with Crippen LogP contribution in [0.5, 0.6) is 0 Å². The summed E-state index contributed by atoms with van der Waals surface area (Å²) in [6.07, 6.45) is 15.6. The zero-order chi connectivity index (χ0) is 22.2. The van der Waals surface area contributed by atoms with Gasteiger partial charge in [-0.1, -0.05) is 53.4 Å². The maximum absolute atomic E-state index is 9.40. The molecule has 5 rings (SSSR count). The summed E-state index contributed by atoms with van der Waals surface area (Å²) in [5, 5.41) is 28.2. The quantitative estimate of drug-likeness (QED) is 0.395. The standard InChI is InChI=1S/C27H46O4/c1-17(8-7-9-18(2)27(28,29)30)20-10-11-21-19-16-23-26(31-23)14-6-5-13-25(26,4)22(19)12-15-24(20,21)3/h17-23,28-30H,5-16H2,1-4H3/t17-,18?,19+,20-,21+,22+,23-,24-,25-,26-/m1/s1. The molecule has 1 spiro atoms. The van der Waals surface area contributed by atoms with Crippen LogP contribution in [0.1, 0.15) is 105 Å². The zero-order valence-corrected chi connectivity index (χ0v) is 20.3. The third-order valence-corrected chi connectivity index (χ3v) is 11.7. The zero-order valence-electron chi connectivity index (χ0n) is 20.3. The third-order valence-electron chi connectivity index (χ3n) is 11.7. The first-order valence-corrected chi connectivity index (χ1v) is 13.4. The molecule has 0 amide bonds. The first-order valence-electron chi connectivity index (χ1n) is 13.4. The maximum Gasteiger partial charge on any atom is 0.277 e. The van der Waals surface area contributed by atoms with E-state index in [-0.39, 0.29) is 5.60 Å². The van der Waals surface area contributed by atoms with Crippen LogP contribution in [0.25, 0.3) is 0 Å². The summed E-state index contributed by atoms with van der Waals surface area (Å²) in [6.45, 7) is 9.36. The fourth-order valence-electron chi connectivity index (χ4n) is 9.83. The molecule has 1 aliphatic heterocycles. The number of rotatable bonds is 6. The van der Waals surface area contributed by atoms with Gasteiger partial charge in [0.25, 0.3) is 5.97 Å². The van der Waals surface area contributed by atoms with Crippen molar-refractivity contribution in [3.05, 3.63) is 0 Å². The van der Waals surface area contributed by atoms with Crippen LogP contribution in [0.2, 0.25) is 0 Å².